The van der Waals surface area contributed by atoms with Crippen LogP contribution in [0, 0.1) is 5.82 Å². The minimum absolute atomic E-state index is 0.149. The van der Waals surface area contributed by atoms with Crippen LogP contribution in [0.1, 0.15) is 30.1 Å². The minimum atomic E-state index is -1.32. The molecule has 0 spiro atoms. The number of benzene rings is 1. The summed E-state index contributed by atoms with van der Waals surface area (Å²) in [4.78, 5) is 10.8. The molecule has 4 N–H and O–H groups in total. The smallest absolute Gasteiger partial charge is 0.338 e. The van der Waals surface area contributed by atoms with Gasteiger partial charge in [0.2, 0.25) is 0 Å². The molecule has 0 aliphatic carbocycles. The highest BCUT2D eigenvalue weighted by Crippen LogP contribution is 2.26. The van der Waals surface area contributed by atoms with Crippen molar-refractivity contribution in [2.75, 3.05) is 17.7 Å². The molecule has 0 saturated carbocycles. The molecule has 0 amide bonds. The molecule has 2 rings (SSSR count). The Kier molecular flexibility index (Phi) is 3.90. The largest absolute Gasteiger partial charge is 0.478 e. The van der Waals surface area contributed by atoms with Crippen LogP contribution in [0.4, 0.5) is 15.8 Å². The number of ether oxygens (including phenoxy) is 1. The molecule has 104 valence electrons. The van der Waals surface area contributed by atoms with Crippen LogP contribution >= 0.6 is 0 Å². The van der Waals surface area contributed by atoms with Gasteiger partial charge in [0.05, 0.1) is 23.0 Å². The van der Waals surface area contributed by atoms with Crippen LogP contribution in [0.2, 0.25) is 0 Å². The molecule has 19 heavy (non-hydrogen) atoms. The Balaban J connectivity index is 2.16. The highest BCUT2D eigenvalue weighted by atomic mass is 19.1. The van der Waals surface area contributed by atoms with E-state index in [1.165, 1.54) is 0 Å². The summed E-state index contributed by atoms with van der Waals surface area (Å²) in [5.74, 6) is -2.11. The SMILES string of the molecule is CC1CC(Nc2cc(F)c(C(=O)O)cc2N)CCO1. The first kappa shape index (κ1) is 13.6. The Labute approximate surface area is 110 Å². The van der Waals surface area contributed by atoms with Crippen LogP contribution < -0.4 is 11.1 Å². The number of carboxylic acids is 1. The van der Waals surface area contributed by atoms with E-state index in [4.69, 9.17) is 15.6 Å². The van der Waals surface area contributed by atoms with E-state index in [0.717, 1.165) is 25.0 Å². The van der Waals surface area contributed by atoms with E-state index in [1.54, 1.807) is 0 Å². The highest BCUT2D eigenvalue weighted by molar-refractivity contribution is 5.90. The molecule has 0 radical (unpaired) electrons. The third-order valence-corrected chi connectivity index (χ3v) is 3.21. The lowest BCUT2D eigenvalue weighted by atomic mass is 10.0. The van der Waals surface area contributed by atoms with Crippen LogP contribution in [0.3, 0.4) is 0 Å². The van der Waals surface area contributed by atoms with Crippen molar-refractivity contribution in [1.82, 2.24) is 0 Å². The zero-order valence-electron chi connectivity index (χ0n) is 10.6. The Bertz CT molecular complexity index is 493. The summed E-state index contributed by atoms with van der Waals surface area (Å²) in [5.41, 5.74) is 6.01. The molecule has 2 atom stereocenters. The topological polar surface area (TPSA) is 84.6 Å². The first-order valence-corrected chi connectivity index (χ1v) is 6.18. The van der Waals surface area contributed by atoms with Crippen molar-refractivity contribution in [3.8, 4) is 0 Å². The molecule has 1 aliphatic rings. The van der Waals surface area contributed by atoms with Gasteiger partial charge in [0, 0.05) is 12.6 Å². The van der Waals surface area contributed by atoms with Crippen LogP contribution in [-0.4, -0.2) is 29.8 Å². The number of halogens is 1. The summed E-state index contributed by atoms with van der Waals surface area (Å²) in [6.45, 7) is 2.62. The van der Waals surface area contributed by atoms with Crippen LogP contribution in [0.15, 0.2) is 12.1 Å². The molecule has 5 nitrogen and oxygen atoms in total. The van der Waals surface area contributed by atoms with Gasteiger partial charge in [-0.1, -0.05) is 0 Å². The van der Waals surface area contributed by atoms with Gasteiger partial charge in [0.25, 0.3) is 0 Å². The highest BCUT2D eigenvalue weighted by Gasteiger charge is 2.21. The van der Waals surface area contributed by atoms with Crippen molar-refractivity contribution in [2.45, 2.75) is 31.9 Å². The van der Waals surface area contributed by atoms with Crippen molar-refractivity contribution < 1.29 is 19.0 Å². The molecule has 1 aliphatic heterocycles. The summed E-state index contributed by atoms with van der Waals surface area (Å²) >= 11 is 0. The molecule has 1 aromatic carbocycles. The van der Waals surface area contributed by atoms with Gasteiger partial charge in [0.15, 0.2) is 0 Å². The van der Waals surface area contributed by atoms with Gasteiger partial charge in [-0.3, -0.25) is 0 Å². The quantitative estimate of drug-likeness (QED) is 0.731. The normalized spacial score (nSPS) is 23.1. The third-order valence-electron chi connectivity index (χ3n) is 3.21. The standard InChI is InChI=1S/C13H17FN2O3/c1-7-4-8(2-3-19-7)16-12-6-10(14)9(13(17)18)5-11(12)15/h5-8,16H,2-4,15H2,1H3,(H,17,18). The van der Waals surface area contributed by atoms with Crippen molar-refractivity contribution >= 4 is 17.3 Å². The maximum absolute atomic E-state index is 13.6. The fraction of sp³-hybridized carbons (Fsp3) is 0.462. The van der Waals surface area contributed by atoms with Crippen molar-refractivity contribution in [2.24, 2.45) is 0 Å². The lowest BCUT2D eigenvalue weighted by Crippen LogP contribution is -2.32. The first-order valence-electron chi connectivity index (χ1n) is 6.18. The molecule has 6 heteroatoms. The number of hydrogen-bond donors (Lipinski definition) is 3. The lowest BCUT2D eigenvalue weighted by Gasteiger charge is -2.29. The molecule has 1 aromatic rings. The van der Waals surface area contributed by atoms with Crippen LogP contribution in [0.25, 0.3) is 0 Å². The van der Waals surface area contributed by atoms with Gasteiger partial charge in [-0.15, -0.1) is 0 Å². The number of aromatic carboxylic acids is 1. The Hall–Kier alpha value is -1.82. The predicted molar refractivity (Wildman–Crippen MR) is 69.8 cm³/mol. The minimum Gasteiger partial charge on any atom is -0.478 e. The number of nitrogens with one attached hydrogen (secondary N) is 1. The molecule has 1 fully saturated rings. The number of carbonyl (C=O) groups is 1. The maximum Gasteiger partial charge on any atom is 0.338 e. The summed E-state index contributed by atoms with van der Waals surface area (Å²) in [6.07, 6.45) is 1.77. The van der Waals surface area contributed by atoms with E-state index < -0.39 is 17.3 Å². The average molecular weight is 268 g/mol. The molecular weight excluding hydrogens is 251 g/mol. The van der Waals surface area contributed by atoms with Gasteiger partial charge in [-0.25, -0.2) is 9.18 Å². The maximum atomic E-state index is 13.6. The molecular formula is C13H17FN2O3. The summed E-state index contributed by atoms with van der Waals surface area (Å²) in [5, 5.41) is 12.0. The molecule has 2 unspecified atom stereocenters. The number of hydrogen-bond acceptors (Lipinski definition) is 4. The number of rotatable bonds is 3. The third kappa shape index (κ3) is 3.14. The van der Waals surface area contributed by atoms with Gasteiger partial charge >= 0.3 is 5.97 Å². The van der Waals surface area contributed by atoms with E-state index in [9.17, 15) is 9.18 Å². The monoisotopic (exact) mass is 268 g/mol. The van der Waals surface area contributed by atoms with Crippen molar-refractivity contribution in [3.05, 3.63) is 23.5 Å². The first-order chi connectivity index (χ1) is 8.97. The van der Waals surface area contributed by atoms with E-state index in [1.807, 2.05) is 6.92 Å². The number of nitrogens with two attached hydrogens (primary N) is 1. The number of carboxylic acid groups (broad SMARTS) is 1. The average Bonchev–Trinajstić information content (AvgIpc) is 2.33. The van der Waals surface area contributed by atoms with Gasteiger partial charge in [-0.05, 0) is 31.9 Å². The number of anilines is 2. The Morgan fingerprint density at radius 3 is 2.95 bits per heavy atom. The molecule has 0 aromatic heterocycles. The molecule has 1 saturated heterocycles. The number of nitrogen functional groups attached to an aromatic ring is 1. The van der Waals surface area contributed by atoms with Crippen LogP contribution in [-0.2, 0) is 4.74 Å². The van der Waals surface area contributed by atoms with Gasteiger partial charge < -0.3 is 20.9 Å². The summed E-state index contributed by atoms with van der Waals surface area (Å²) < 4.78 is 19.0. The van der Waals surface area contributed by atoms with E-state index in [-0.39, 0.29) is 17.8 Å². The van der Waals surface area contributed by atoms with Gasteiger partial charge in [0.1, 0.15) is 5.82 Å². The van der Waals surface area contributed by atoms with Crippen molar-refractivity contribution in [3.63, 3.8) is 0 Å². The Morgan fingerprint density at radius 2 is 2.32 bits per heavy atom. The fourth-order valence-electron chi connectivity index (χ4n) is 2.23. The lowest BCUT2D eigenvalue weighted by molar-refractivity contribution is 0.0232. The fourth-order valence-corrected chi connectivity index (χ4v) is 2.23. The van der Waals surface area contributed by atoms with Gasteiger partial charge in [-0.2, -0.15) is 0 Å². The zero-order chi connectivity index (χ0) is 14.0. The summed E-state index contributed by atoms with van der Waals surface area (Å²) in [7, 11) is 0. The van der Waals surface area contributed by atoms with E-state index in [0.29, 0.717) is 12.3 Å². The van der Waals surface area contributed by atoms with Crippen LogP contribution in [0.5, 0.6) is 0 Å². The second-order valence-corrected chi connectivity index (χ2v) is 4.77. The van der Waals surface area contributed by atoms with Crippen molar-refractivity contribution in [1.29, 1.82) is 0 Å². The zero-order valence-corrected chi connectivity index (χ0v) is 10.6. The molecule has 1 heterocycles. The predicted octanol–water partition coefficient (Wildman–Crippen LogP) is 2.09. The molecule has 0 bridgehead atoms. The van der Waals surface area contributed by atoms with E-state index >= 15 is 0 Å². The second-order valence-electron chi connectivity index (χ2n) is 4.77. The second kappa shape index (κ2) is 5.44. The van der Waals surface area contributed by atoms with E-state index in [2.05, 4.69) is 5.32 Å². The Morgan fingerprint density at radius 1 is 1.58 bits per heavy atom. The summed E-state index contributed by atoms with van der Waals surface area (Å²) in [6, 6.07) is 2.43.